The summed E-state index contributed by atoms with van der Waals surface area (Å²) in [5, 5.41) is 19.2. The Bertz CT molecular complexity index is 571. The Hall–Kier alpha value is -1.38. The third-order valence-electron chi connectivity index (χ3n) is 3.17. The average Bonchev–Trinajstić information content (AvgIpc) is 2.38. The Labute approximate surface area is 114 Å². The molecule has 1 rings (SSSR count). The van der Waals surface area contributed by atoms with Crippen LogP contribution >= 0.6 is 0 Å². The van der Waals surface area contributed by atoms with E-state index in [0.29, 0.717) is 24.0 Å². The molecule has 0 spiro atoms. The SMILES string of the molecule is CCS(=O)(=O)CCCC(C)(O)c1cccc(C#N)c1. The Kier molecular flexibility index (Phi) is 5.10. The first kappa shape index (κ1) is 15.7. The molecule has 0 saturated carbocycles. The lowest BCUT2D eigenvalue weighted by Crippen LogP contribution is -2.22. The van der Waals surface area contributed by atoms with Crippen molar-refractivity contribution in [3.63, 3.8) is 0 Å². The Morgan fingerprint density at radius 3 is 2.68 bits per heavy atom. The van der Waals surface area contributed by atoms with Crippen molar-refractivity contribution in [1.82, 2.24) is 0 Å². The molecule has 104 valence electrons. The second-order valence-electron chi connectivity index (χ2n) is 4.81. The van der Waals surface area contributed by atoms with Gasteiger partial charge in [-0.15, -0.1) is 0 Å². The number of aliphatic hydroxyl groups is 1. The zero-order chi connectivity index (χ0) is 14.5. The van der Waals surface area contributed by atoms with Crippen molar-refractivity contribution in [3.05, 3.63) is 35.4 Å². The van der Waals surface area contributed by atoms with Crippen molar-refractivity contribution in [2.24, 2.45) is 0 Å². The van der Waals surface area contributed by atoms with Gasteiger partial charge in [-0.25, -0.2) is 8.42 Å². The van der Waals surface area contributed by atoms with E-state index in [4.69, 9.17) is 5.26 Å². The summed E-state index contributed by atoms with van der Waals surface area (Å²) >= 11 is 0. The molecule has 0 aliphatic heterocycles. The fraction of sp³-hybridized carbons (Fsp3) is 0.500. The smallest absolute Gasteiger partial charge is 0.150 e. The average molecular weight is 281 g/mol. The number of sulfone groups is 1. The summed E-state index contributed by atoms with van der Waals surface area (Å²) < 4.78 is 22.8. The van der Waals surface area contributed by atoms with Gasteiger partial charge in [0.2, 0.25) is 0 Å². The van der Waals surface area contributed by atoms with Crippen LogP contribution in [0.25, 0.3) is 0 Å². The van der Waals surface area contributed by atoms with Crippen LogP contribution < -0.4 is 0 Å². The fourth-order valence-corrected chi connectivity index (χ4v) is 2.72. The van der Waals surface area contributed by atoms with Crippen molar-refractivity contribution in [2.45, 2.75) is 32.3 Å². The normalized spacial score (nSPS) is 14.6. The summed E-state index contributed by atoms with van der Waals surface area (Å²) in [4.78, 5) is 0. The van der Waals surface area contributed by atoms with E-state index < -0.39 is 15.4 Å². The molecule has 1 aromatic carbocycles. The summed E-state index contributed by atoms with van der Waals surface area (Å²) in [6.45, 7) is 3.26. The Morgan fingerprint density at radius 1 is 1.42 bits per heavy atom. The first-order valence-electron chi connectivity index (χ1n) is 6.24. The van der Waals surface area contributed by atoms with E-state index >= 15 is 0 Å². The highest BCUT2D eigenvalue weighted by molar-refractivity contribution is 7.91. The van der Waals surface area contributed by atoms with Gasteiger partial charge in [0.25, 0.3) is 0 Å². The molecule has 0 aromatic heterocycles. The molecule has 0 saturated heterocycles. The predicted octanol–water partition coefficient (Wildman–Crippen LogP) is 1.98. The van der Waals surface area contributed by atoms with Gasteiger partial charge in [-0.1, -0.05) is 19.1 Å². The van der Waals surface area contributed by atoms with Crippen LogP contribution in [0.3, 0.4) is 0 Å². The predicted molar refractivity (Wildman–Crippen MR) is 74.3 cm³/mol. The molecular weight excluding hydrogens is 262 g/mol. The van der Waals surface area contributed by atoms with Gasteiger partial charge in [-0.2, -0.15) is 5.26 Å². The Balaban J connectivity index is 2.73. The van der Waals surface area contributed by atoms with Crippen LogP contribution in [0.5, 0.6) is 0 Å². The quantitative estimate of drug-likeness (QED) is 0.864. The van der Waals surface area contributed by atoms with E-state index in [9.17, 15) is 13.5 Å². The van der Waals surface area contributed by atoms with Crippen molar-refractivity contribution in [3.8, 4) is 6.07 Å². The standard InChI is InChI=1S/C14H19NO3S/c1-3-19(17,18)9-5-8-14(2,16)13-7-4-6-12(10-13)11-15/h4,6-7,10,16H,3,5,8-9H2,1-2H3. The van der Waals surface area contributed by atoms with Crippen LogP contribution in [-0.4, -0.2) is 25.0 Å². The van der Waals surface area contributed by atoms with Crippen molar-refractivity contribution in [1.29, 1.82) is 5.26 Å². The van der Waals surface area contributed by atoms with Crippen molar-refractivity contribution < 1.29 is 13.5 Å². The number of benzene rings is 1. The highest BCUT2D eigenvalue weighted by Crippen LogP contribution is 2.26. The summed E-state index contributed by atoms with van der Waals surface area (Å²) in [6, 6.07) is 8.78. The maximum Gasteiger partial charge on any atom is 0.150 e. The number of hydrogen-bond donors (Lipinski definition) is 1. The van der Waals surface area contributed by atoms with Gasteiger partial charge in [0.05, 0.1) is 23.0 Å². The molecule has 0 bridgehead atoms. The second kappa shape index (κ2) is 6.18. The molecule has 0 heterocycles. The fourth-order valence-electron chi connectivity index (χ4n) is 1.85. The minimum absolute atomic E-state index is 0.0809. The first-order chi connectivity index (χ1) is 8.80. The maximum absolute atomic E-state index is 11.4. The van der Waals surface area contributed by atoms with Crippen LogP contribution in [0, 0.1) is 11.3 Å². The van der Waals surface area contributed by atoms with Crippen LogP contribution in [0.4, 0.5) is 0 Å². The molecule has 1 aromatic rings. The maximum atomic E-state index is 11.4. The zero-order valence-corrected chi connectivity index (χ0v) is 12.1. The summed E-state index contributed by atoms with van der Waals surface area (Å²) in [7, 11) is -3.00. The monoisotopic (exact) mass is 281 g/mol. The van der Waals surface area contributed by atoms with E-state index in [1.807, 2.05) is 6.07 Å². The van der Waals surface area contributed by atoms with Crippen molar-refractivity contribution >= 4 is 9.84 Å². The highest BCUT2D eigenvalue weighted by Gasteiger charge is 2.23. The lowest BCUT2D eigenvalue weighted by molar-refractivity contribution is 0.0472. The van der Waals surface area contributed by atoms with Gasteiger partial charge in [0.1, 0.15) is 9.84 Å². The highest BCUT2D eigenvalue weighted by atomic mass is 32.2. The lowest BCUT2D eigenvalue weighted by Gasteiger charge is -2.24. The molecule has 0 fully saturated rings. The van der Waals surface area contributed by atoms with Gasteiger partial charge in [0.15, 0.2) is 0 Å². The minimum Gasteiger partial charge on any atom is -0.385 e. The van der Waals surface area contributed by atoms with Gasteiger partial charge >= 0.3 is 0 Å². The minimum atomic E-state index is -3.00. The third-order valence-corrected chi connectivity index (χ3v) is 4.96. The molecule has 4 nitrogen and oxygen atoms in total. The molecular formula is C14H19NO3S. The molecule has 0 aliphatic rings. The third kappa shape index (κ3) is 4.66. The molecule has 0 aliphatic carbocycles. The summed E-state index contributed by atoms with van der Waals surface area (Å²) in [5.74, 6) is 0.205. The molecule has 1 N–H and O–H groups in total. The topological polar surface area (TPSA) is 78.2 Å². The van der Waals surface area contributed by atoms with Crippen molar-refractivity contribution in [2.75, 3.05) is 11.5 Å². The van der Waals surface area contributed by atoms with Gasteiger partial charge < -0.3 is 5.11 Å². The molecule has 5 heteroatoms. The molecule has 1 atom stereocenters. The molecule has 19 heavy (non-hydrogen) atoms. The van der Waals surface area contributed by atoms with Crippen LogP contribution in [0.1, 0.15) is 37.8 Å². The molecule has 1 unspecified atom stereocenters. The molecule has 0 amide bonds. The number of nitriles is 1. The first-order valence-corrected chi connectivity index (χ1v) is 8.06. The summed E-state index contributed by atoms with van der Waals surface area (Å²) in [5.41, 5.74) is 0.00949. The number of hydrogen-bond acceptors (Lipinski definition) is 4. The van der Waals surface area contributed by atoms with E-state index in [2.05, 4.69) is 0 Å². The second-order valence-corrected chi connectivity index (χ2v) is 7.28. The molecule has 0 radical (unpaired) electrons. The van der Waals surface area contributed by atoms with E-state index in [0.717, 1.165) is 0 Å². The zero-order valence-electron chi connectivity index (χ0n) is 11.3. The Morgan fingerprint density at radius 2 is 2.11 bits per heavy atom. The van der Waals surface area contributed by atoms with E-state index in [1.165, 1.54) is 0 Å². The van der Waals surface area contributed by atoms with Crippen LogP contribution in [0.2, 0.25) is 0 Å². The number of rotatable bonds is 6. The van der Waals surface area contributed by atoms with E-state index in [-0.39, 0.29) is 11.5 Å². The van der Waals surface area contributed by atoms with Gasteiger partial charge in [-0.3, -0.25) is 0 Å². The number of nitrogens with zero attached hydrogens (tertiary/aromatic N) is 1. The van der Waals surface area contributed by atoms with Crippen LogP contribution in [0.15, 0.2) is 24.3 Å². The van der Waals surface area contributed by atoms with Crippen LogP contribution in [-0.2, 0) is 15.4 Å². The lowest BCUT2D eigenvalue weighted by atomic mass is 9.90. The summed E-state index contributed by atoms with van der Waals surface area (Å²) in [6.07, 6.45) is 0.751. The van der Waals surface area contributed by atoms with Gasteiger partial charge in [-0.05, 0) is 37.5 Å². The largest absolute Gasteiger partial charge is 0.385 e. The van der Waals surface area contributed by atoms with E-state index in [1.54, 1.807) is 38.1 Å². The van der Waals surface area contributed by atoms with Gasteiger partial charge in [0, 0.05) is 5.75 Å².